The quantitative estimate of drug-likeness (QED) is 0.561. The van der Waals surface area contributed by atoms with Crippen LogP contribution in [0.4, 0.5) is 23.7 Å². The normalized spacial score (nSPS) is 12.8. The van der Waals surface area contributed by atoms with E-state index >= 15 is 0 Å². The fraction of sp³-hybridized carbons (Fsp3) is 0.467. The Morgan fingerprint density at radius 2 is 1.89 bits per heavy atom. The third-order valence-corrected chi connectivity index (χ3v) is 2.90. The van der Waals surface area contributed by atoms with Crippen molar-refractivity contribution in [1.82, 2.24) is 5.32 Å². The van der Waals surface area contributed by atoms with Gasteiger partial charge in [-0.15, -0.1) is 13.2 Å². The molecule has 0 radical (unpaired) electrons. The Balaban J connectivity index is 3.15. The fourth-order valence-corrected chi connectivity index (χ4v) is 2.02. The van der Waals surface area contributed by atoms with E-state index in [0.29, 0.717) is 0 Å². The molecule has 9 nitrogen and oxygen atoms in total. The molecule has 1 atom stereocenters. The first-order valence-electron chi connectivity index (χ1n) is 7.44. The number of carbonyl (C=O) groups excluding carboxylic acids is 1. The van der Waals surface area contributed by atoms with Crippen LogP contribution in [0.25, 0.3) is 0 Å². The molecule has 0 aliphatic rings. The Kier molecular flexibility index (Phi) is 6.60. The van der Waals surface area contributed by atoms with E-state index in [4.69, 9.17) is 4.74 Å². The highest BCUT2D eigenvalue weighted by atomic mass is 19.4. The molecule has 27 heavy (non-hydrogen) atoms. The van der Waals surface area contributed by atoms with Crippen LogP contribution >= 0.6 is 0 Å². The van der Waals surface area contributed by atoms with Crippen LogP contribution in [0.3, 0.4) is 0 Å². The maximum atomic E-state index is 12.4. The van der Waals surface area contributed by atoms with E-state index in [9.17, 15) is 38.0 Å². The lowest BCUT2D eigenvalue weighted by Crippen LogP contribution is -2.44. The van der Waals surface area contributed by atoms with Crippen LogP contribution in [-0.2, 0) is 16.0 Å². The lowest BCUT2D eigenvalue weighted by Gasteiger charge is -2.22. The molecule has 0 saturated heterocycles. The summed E-state index contributed by atoms with van der Waals surface area (Å²) in [4.78, 5) is 33.1. The van der Waals surface area contributed by atoms with Gasteiger partial charge >= 0.3 is 24.1 Å². The summed E-state index contributed by atoms with van der Waals surface area (Å²) in [7, 11) is 0. The number of aliphatic carboxylic acids is 1. The zero-order valence-corrected chi connectivity index (χ0v) is 14.5. The first-order chi connectivity index (χ1) is 12.2. The monoisotopic (exact) mass is 394 g/mol. The molecule has 1 aromatic carbocycles. The molecule has 1 rings (SSSR count). The molecular weight excluding hydrogens is 377 g/mol. The topological polar surface area (TPSA) is 128 Å². The Labute approximate surface area is 151 Å². The number of nitro groups is 1. The van der Waals surface area contributed by atoms with E-state index in [1.807, 2.05) is 5.32 Å². The molecule has 0 aliphatic heterocycles. The number of nitrogens with one attached hydrogen (secondary N) is 1. The van der Waals surface area contributed by atoms with Gasteiger partial charge in [-0.1, -0.05) is 12.1 Å². The van der Waals surface area contributed by atoms with Crippen LogP contribution in [-0.4, -0.2) is 40.1 Å². The number of carboxylic acid groups (broad SMARTS) is 1. The summed E-state index contributed by atoms with van der Waals surface area (Å²) in [5.41, 5.74) is -2.35. The first-order valence-corrected chi connectivity index (χ1v) is 7.44. The lowest BCUT2D eigenvalue weighted by molar-refractivity contribution is -0.389. The highest BCUT2D eigenvalue weighted by Gasteiger charge is 2.36. The summed E-state index contributed by atoms with van der Waals surface area (Å²) in [6, 6.07) is 1.15. The second-order valence-corrected chi connectivity index (χ2v) is 6.31. The number of ether oxygens (including phenoxy) is 2. The van der Waals surface area contributed by atoms with Crippen molar-refractivity contribution >= 4 is 17.7 Å². The van der Waals surface area contributed by atoms with E-state index in [1.54, 1.807) is 0 Å². The Morgan fingerprint density at radius 1 is 1.30 bits per heavy atom. The molecule has 1 aromatic rings. The zero-order chi connectivity index (χ0) is 21.0. The SMILES string of the molecule is CC(C)(C)OC(=O)N[C@@H](Cc1cccc(OC(F)(F)F)c1[N+](=O)[O-])C(=O)O. The van der Waals surface area contributed by atoms with Crippen LogP contribution in [0.15, 0.2) is 18.2 Å². The van der Waals surface area contributed by atoms with Crippen LogP contribution in [0, 0.1) is 10.1 Å². The van der Waals surface area contributed by atoms with Gasteiger partial charge in [-0.25, -0.2) is 9.59 Å². The van der Waals surface area contributed by atoms with Gasteiger partial charge < -0.3 is 19.9 Å². The summed E-state index contributed by atoms with van der Waals surface area (Å²) in [6.07, 6.45) is -6.94. The molecule has 2 N–H and O–H groups in total. The third-order valence-electron chi connectivity index (χ3n) is 2.90. The smallest absolute Gasteiger partial charge is 0.480 e. The van der Waals surface area contributed by atoms with E-state index in [-0.39, 0.29) is 5.56 Å². The predicted octanol–water partition coefficient (Wildman–Crippen LogP) is 3.01. The number of nitro benzene ring substituents is 1. The molecule has 0 aliphatic carbocycles. The van der Waals surface area contributed by atoms with E-state index in [0.717, 1.165) is 18.2 Å². The lowest BCUT2D eigenvalue weighted by atomic mass is 10.0. The summed E-state index contributed by atoms with van der Waals surface area (Å²) in [5, 5.41) is 22.4. The maximum absolute atomic E-state index is 12.4. The summed E-state index contributed by atoms with van der Waals surface area (Å²) in [5.74, 6) is -2.65. The predicted molar refractivity (Wildman–Crippen MR) is 84.3 cm³/mol. The van der Waals surface area contributed by atoms with Crippen molar-refractivity contribution in [3.8, 4) is 5.75 Å². The minimum Gasteiger partial charge on any atom is -0.480 e. The zero-order valence-electron chi connectivity index (χ0n) is 14.5. The van der Waals surface area contributed by atoms with E-state index in [1.165, 1.54) is 20.8 Å². The standard InChI is InChI=1S/C15H17F3N2O7/c1-14(2,3)27-13(23)19-9(12(21)22)7-8-5-4-6-10(11(8)20(24)25)26-15(16,17)18/h4-6,9H,7H2,1-3H3,(H,19,23)(H,21,22)/t9-/m0/s1. The number of nitrogens with zero attached hydrogens (tertiary/aromatic N) is 1. The highest BCUT2D eigenvalue weighted by Crippen LogP contribution is 2.35. The second kappa shape index (κ2) is 8.10. The van der Waals surface area contributed by atoms with Gasteiger partial charge in [-0.2, -0.15) is 0 Å². The summed E-state index contributed by atoms with van der Waals surface area (Å²) >= 11 is 0. The Bertz CT molecular complexity index is 729. The molecular formula is C15H17F3N2O7. The molecule has 0 saturated carbocycles. The van der Waals surface area contributed by atoms with Crippen molar-refractivity contribution in [2.45, 2.75) is 45.2 Å². The average Bonchev–Trinajstić information content (AvgIpc) is 2.42. The summed E-state index contributed by atoms with van der Waals surface area (Å²) in [6.45, 7) is 4.60. The number of hydrogen-bond donors (Lipinski definition) is 2. The van der Waals surface area contributed by atoms with Crippen molar-refractivity contribution in [3.63, 3.8) is 0 Å². The van der Waals surface area contributed by atoms with Crippen LogP contribution in [0.5, 0.6) is 5.75 Å². The first kappa shape index (κ1) is 22.0. The number of alkyl halides is 3. The van der Waals surface area contributed by atoms with Gasteiger partial charge in [0.1, 0.15) is 11.6 Å². The number of halogens is 3. The number of hydrogen-bond acceptors (Lipinski definition) is 6. The minimum absolute atomic E-state index is 0.370. The van der Waals surface area contributed by atoms with Crippen LogP contribution in [0.1, 0.15) is 26.3 Å². The molecule has 0 aromatic heterocycles. The van der Waals surface area contributed by atoms with Gasteiger partial charge in [0.15, 0.2) is 0 Å². The largest absolute Gasteiger partial charge is 0.573 e. The Morgan fingerprint density at radius 3 is 2.33 bits per heavy atom. The van der Waals surface area contributed by atoms with Gasteiger partial charge in [-0.3, -0.25) is 10.1 Å². The van der Waals surface area contributed by atoms with Crippen molar-refractivity contribution < 1.29 is 42.3 Å². The molecule has 0 spiro atoms. The van der Waals surface area contributed by atoms with E-state index < -0.39 is 52.8 Å². The number of carbonyl (C=O) groups is 2. The fourth-order valence-electron chi connectivity index (χ4n) is 2.02. The number of amides is 1. The molecule has 1 amide bonds. The molecule has 0 fully saturated rings. The van der Waals surface area contributed by atoms with Gasteiger partial charge in [0.05, 0.1) is 4.92 Å². The van der Waals surface area contributed by atoms with Crippen molar-refractivity contribution in [3.05, 3.63) is 33.9 Å². The highest BCUT2D eigenvalue weighted by molar-refractivity contribution is 5.80. The van der Waals surface area contributed by atoms with Crippen LogP contribution < -0.4 is 10.1 Å². The van der Waals surface area contributed by atoms with Crippen molar-refractivity contribution in [2.24, 2.45) is 0 Å². The minimum atomic E-state index is -5.18. The maximum Gasteiger partial charge on any atom is 0.573 e. The number of rotatable bonds is 6. The molecule has 12 heteroatoms. The number of benzene rings is 1. The summed E-state index contributed by atoms with van der Waals surface area (Å²) < 4.78 is 45.8. The number of carboxylic acids is 1. The van der Waals surface area contributed by atoms with Gasteiger partial charge in [-0.05, 0) is 26.8 Å². The Hall–Kier alpha value is -3.05. The molecule has 0 heterocycles. The molecule has 0 bridgehead atoms. The van der Waals surface area contributed by atoms with Gasteiger partial charge in [0.2, 0.25) is 5.75 Å². The number of alkyl carbamates (subject to hydrolysis) is 1. The van der Waals surface area contributed by atoms with Crippen molar-refractivity contribution in [1.29, 1.82) is 0 Å². The number of para-hydroxylation sites is 1. The van der Waals surface area contributed by atoms with Crippen molar-refractivity contribution in [2.75, 3.05) is 0 Å². The molecule has 150 valence electrons. The average molecular weight is 394 g/mol. The van der Waals surface area contributed by atoms with Gasteiger partial charge in [0.25, 0.3) is 0 Å². The molecule has 0 unspecified atom stereocenters. The van der Waals surface area contributed by atoms with Crippen LogP contribution in [0.2, 0.25) is 0 Å². The van der Waals surface area contributed by atoms with E-state index in [2.05, 4.69) is 4.74 Å². The second-order valence-electron chi connectivity index (χ2n) is 6.31. The third kappa shape index (κ3) is 7.38. The van der Waals surface area contributed by atoms with Gasteiger partial charge in [0, 0.05) is 12.0 Å².